The summed E-state index contributed by atoms with van der Waals surface area (Å²) in [7, 11) is 0. The Labute approximate surface area is 163 Å². The first-order valence-corrected chi connectivity index (χ1v) is 9.34. The van der Waals surface area contributed by atoms with Crippen LogP contribution in [0.2, 0.25) is 5.02 Å². The maximum Gasteiger partial charge on any atom is 0.338 e. The van der Waals surface area contributed by atoms with E-state index in [1.165, 1.54) is 5.56 Å². The summed E-state index contributed by atoms with van der Waals surface area (Å²) in [5.41, 5.74) is 1.80. The maximum atomic E-state index is 12.1. The van der Waals surface area contributed by atoms with Crippen LogP contribution in [0.1, 0.15) is 34.7 Å². The Kier molecular flexibility index (Phi) is 5.12. The van der Waals surface area contributed by atoms with Gasteiger partial charge in [-0.1, -0.05) is 41.9 Å². The van der Waals surface area contributed by atoms with Crippen molar-refractivity contribution in [3.63, 3.8) is 0 Å². The third-order valence-corrected chi connectivity index (χ3v) is 5.01. The Balaban J connectivity index is 1.34. The molecule has 0 radical (unpaired) electrons. The van der Waals surface area contributed by atoms with Crippen LogP contribution in [-0.4, -0.2) is 12.1 Å². The molecule has 1 aliphatic rings. The number of halogens is 1. The number of esters is 1. The molecule has 0 aromatic heterocycles. The number of hydrogen-bond donors (Lipinski definition) is 0. The van der Waals surface area contributed by atoms with Crippen molar-refractivity contribution in [2.75, 3.05) is 0 Å². The van der Waals surface area contributed by atoms with Crippen molar-refractivity contribution >= 4 is 17.6 Å². The Hall–Kier alpha value is -2.78. The van der Waals surface area contributed by atoms with Gasteiger partial charge in [0.2, 0.25) is 0 Å². The highest BCUT2D eigenvalue weighted by Crippen LogP contribution is 2.40. The lowest BCUT2D eigenvalue weighted by Gasteiger charge is -2.35. The molecule has 4 rings (SSSR count). The molecule has 0 spiro atoms. The molecule has 0 amide bonds. The molecular weight excluding hydrogens is 360 g/mol. The summed E-state index contributed by atoms with van der Waals surface area (Å²) in [6, 6.07) is 24.5. The number of hydrogen-bond acceptors (Lipinski definition) is 3. The van der Waals surface area contributed by atoms with Crippen molar-refractivity contribution in [1.82, 2.24) is 0 Å². The van der Waals surface area contributed by atoms with E-state index in [0.717, 1.165) is 24.3 Å². The first-order chi connectivity index (χ1) is 13.2. The summed E-state index contributed by atoms with van der Waals surface area (Å²) >= 11 is 5.91. The van der Waals surface area contributed by atoms with Gasteiger partial charge in [-0.05, 0) is 72.9 Å². The van der Waals surface area contributed by atoms with E-state index < -0.39 is 0 Å². The zero-order valence-electron chi connectivity index (χ0n) is 14.7. The molecule has 0 N–H and O–H groups in total. The fourth-order valence-electron chi connectivity index (χ4n) is 3.20. The van der Waals surface area contributed by atoms with Gasteiger partial charge >= 0.3 is 5.97 Å². The minimum Gasteiger partial charge on any atom is -0.459 e. The summed E-state index contributed by atoms with van der Waals surface area (Å²) in [5.74, 6) is 1.67. The highest BCUT2D eigenvalue weighted by Gasteiger charge is 2.33. The van der Waals surface area contributed by atoms with Crippen molar-refractivity contribution < 1.29 is 14.3 Å². The second-order valence-corrected chi connectivity index (χ2v) is 7.13. The van der Waals surface area contributed by atoms with Crippen molar-refractivity contribution in [2.45, 2.75) is 24.9 Å². The molecule has 3 nitrogen and oxygen atoms in total. The van der Waals surface area contributed by atoms with Crippen molar-refractivity contribution in [1.29, 1.82) is 0 Å². The van der Waals surface area contributed by atoms with Gasteiger partial charge < -0.3 is 9.47 Å². The van der Waals surface area contributed by atoms with Crippen LogP contribution in [0, 0.1) is 0 Å². The number of ether oxygens (including phenoxy) is 2. The summed E-state index contributed by atoms with van der Waals surface area (Å²) in [4.78, 5) is 12.1. The predicted octanol–water partition coefficient (Wildman–Crippen LogP) is 6.24. The van der Waals surface area contributed by atoms with E-state index in [0.29, 0.717) is 16.5 Å². The van der Waals surface area contributed by atoms with Gasteiger partial charge in [-0.25, -0.2) is 4.79 Å². The van der Waals surface area contributed by atoms with Crippen LogP contribution in [0.3, 0.4) is 0 Å². The topological polar surface area (TPSA) is 35.5 Å². The summed E-state index contributed by atoms with van der Waals surface area (Å²) < 4.78 is 11.5. The third-order valence-electron chi connectivity index (χ3n) is 4.76. The second kappa shape index (κ2) is 7.85. The van der Waals surface area contributed by atoms with Gasteiger partial charge in [0, 0.05) is 5.02 Å². The highest BCUT2D eigenvalue weighted by molar-refractivity contribution is 6.30. The van der Waals surface area contributed by atoms with Gasteiger partial charge in [0.1, 0.15) is 17.6 Å². The van der Waals surface area contributed by atoms with Crippen LogP contribution in [-0.2, 0) is 4.74 Å². The lowest BCUT2D eigenvalue weighted by molar-refractivity contribution is 0.00207. The molecule has 3 aromatic rings. The van der Waals surface area contributed by atoms with E-state index >= 15 is 0 Å². The quantitative estimate of drug-likeness (QED) is 0.493. The Morgan fingerprint density at radius 2 is 1.59 bits per heavy atom. The van der Waals surface area contributed by atoms with E-state index in [2.05, 4.69) is 12.1 Å². The van der Waals surface area contributed by atoms with E-state index in [4.69, 9.17) is 21.1 Å². The van der Waals surface area contributed by atoms with Gasteiger partial charge in [0.25, 0.3) is 0 Å². The molecule has 0 heterocycles. The SMILES string of the molecule is O=C(O[C@H]1C[C@H](c2cccc(Oc3ccc(Cl)cc3)c2)C1)c1ccccc1. The minimum atomic E-state index is -0.251. The molecule has 1 aliphatic carbocycles. The summed E-state index contributed by atoms with van der Waals surface area (Å²) in [6.07, 6.45) is 1.65. The fourth-order valence-corrected chi connectivity index (χ4v) is 3.32. The molecule has 1 fully saturated rings. The van der Waals surface area contributed by atoms with Crippen molar-refractivity contribution in [3.05, 3.63) is 95.0 Å². The van der Waals surface area contributed by atoms with E-state index in [-0.39, 0.29) is 12.1 Å². The van der Waals surface area contributed by atoms with E-state index in [1.54, 1.807) is 24.3 Å². The summed E-state index contributed by atoms with van der Waals surface area (Å²) in [6.45, 7) is 0. The lowest BCUT2D eigenvalue weighted by Crippen LogP contribution is -2.31. The first-order valence-electron chi connectivity index (χ1n) is 8.97. The Morgan fingerprint density at radius 3 is 2.33 bits per heavy atom. The van der Waals surface area contributed by atoms with Crippen molar-refractivity contribution in [2.24, 2.45) is 0 Å². The summed E-state index contributed by atoms with van der Waals surface area (Å²) in [5, 5.41) is 0.682. The van der Waals surface area contributed by atoms with E-state index in [1.807, 2.05) is 42.5 Å². The molecular formula is C23H19ClO3. The Bertz CT molecular complexity index is 916. The number of rotatable bonds is 5. The van der Waals surface area contributed by atoms with Gasteiger partial charge in [-0.2, -0.15) is 0 Å². The molecule has 0 atom stereocenters. The average molecular weight is 379 g/mol. The van der Waals surface area contributed by atoms with Gasteiger partial charge in [-0.15, -0.1) is 0 Å². The number of carbonyl (C=O) groups is 1. The highest BCUT2D eigenvalue weighted by atomic mass is 35.5. The van der Waals surface area contributed by atoms with Crippen molar-refractivity contribution in [3.8, 4) is 11.5 Å². The molecule has 0 saturated heterocycles. The van der Waals surface area contributed by atoms with Gasteiger partial charge in [-0.3, -0.25) is 0 Å². The standard InChI is InChI=1S/C23H19ClO3/c24-19-9-11-20(12-10-19)26-21-8-4-7-17(13-21)18-14-22(15-18)27-23(25)16-5-2-1-3-6-16/h1-13,18,22H,14-15H2/t18-,22-. The largest absolute Gasteiger partial charge is 0.459 e. The Morgan fingerprint density at radius 1 is 0.852 bits per heavy atom. The van der Waals surface area contributed by atoms with Crippen LogP contribution >= 0.6 is 11.6 Å². The molecule has 0 bridgehead atoms. The third kappa shape index (κ3) is 4.32. The molecule has 1 saturated carbocycles. The molecule has 4 heteroatoms. The second-order valence-electron chi connectivity index (χ2n) is 6.69. The molecule has 0 aliphatic heterocycles. The number of carbonyl (C=O) groups excluding carboxylic acids is 1. The van der Waals surface area contributed by atoms with Crippen LogP contribution in [0.15, 0.2) is 78.9 Å². The molecule has 3 aromatic carbocycles. The monoisotopic (exact) mass is 378 g/mol. The lowest BCUT2D eigenvalue weighted by atomic mass is 9.77. The zero-order valence-corrected chi connectivity index (χ0v) is 15.4. The zero-order chi connectivity index (χ0) is 18.6. The molecule has 136 valence electrons. The normalized spacial score (nSPS) is 18.4. The molecule has 27 heavy (non-hydrogen) atoms. The van der Waals surface area contributed by atoms with Gasteiger partial charge in [0.15, 0.2) is 0 Å². The smallest absolute Gasteiger partial charge is 0.338 e. The van der Waals surface area contributed by atoms with Crippen LogP contribution < -0.4 is 4.74 Å². The van der Waals surface area contributed by atoms with E-state index in [9.17, 15) is 4.79 Å². The fraction of sp³-hybridized carbons (Fsp3) is 0.174. The number of benzene rings is 3. The van der Waals surface area contributed by atoms with Crippen LogP contribution in [0.4, 0.5) is 0 Å². The van der Waals surface area contributed by atoms with Crippen LogP contribution in [0.5, 0.6) is 11.5 Å². The molecule has 0 unspecified atom stereocenters. The predicted molar refractivity (Wildman–Crippen MR) is 106 cm³/mol. The van der Waals surface area contributed by atoms with Gasteiger partial charge in [0.05, 0.1) is 5.56 Å². The van der Waals surface area contributed by atoms with Crippen LogP contribution in [0.25, 0.3) is 0 Å². The first kappa shape index (κ1) is 17.6. The maximum absolute atomic E-state index is 12.1. The minimum absolute atomic E-state index is 0.0245. The average Bonchev–Trinajstić information content (AvgIpc) is 2.67.